The van der Waals surface area contributed by atoms with Gasteiger partial charge in [-0.15, -0.1) is 0 Å². The molecule has 26 heavy (non-hydrogen) atoms. The molecule has 2 aromatic carbocycles. The third-order valence-electron chi connectivity index (χ3n) is 4.80. The molecular formula is C19H23N4O3+. The zero-order valence-corrected chi connectivity index (χ0v) is 14.8. The Morgan fingerprint density at radius 2 is 1.81 bits per heavy atom. The van der Waals surface area contributed by atoms with E-state index in [1.165, 1.54) is 24.3 Å². The number of hydrogen-bond acceptors (Lipinski definition) is 4. The van der Waals surface area contributed by atoms with Gasteiger partial charge in [-0.2, -0.15) is 0 Å². The zero-order valence-electron chi connectivity index (χ0n) is 14.8. The Balaban J connectivity index is 1.74. The van der Waals surface area contributed by atoms with E-state index in [9.17, 15) is 14.9 Å². The molecule has 3 rings (SSSR count). The number of carbonyl (C=O) groups excluding carboxylic acids is 1. The van der Waals surface area contributed by atoms with Gasteiger partial charge in [0.2, 0.25) is 0 Å². The van der Waals surface area contributed by atoms with Crippen molar-refractivity contribution in [1.82, 2.24) is 0 Å². The van der Waals surface area contributed by atoms with Gasteiger partial charge in [0.25, 0.3) is 11.6 Å². The van der Waals surface area contributed by atoms with Gasteiger partial charge in [0.15, 0.2) is 0 Å². The normalized spacial score (nSPS) is 14.9. The standard InChI is InChI=1S/C19H22N4O3/c1-2-21-11-13-22(14-12-21)18-6-4-3-5-17(18)20-19(24)15-7-9-16(10-8-15)23(25)26/h3-10H,2,11-14H2,1H3,(H,20,24)/p+1. The number of nitrogens with zero attached hydrogens (tertiary/aromatic N) is 2. The van der Waals surface area contributed by atoms with Gasteiger partial charge in [-0.1, -0.05) is 12.1 Å². The van der Waals surface area contributed by atoms with Crippen molar-refractivity contribution in [2.45, 2.75) is 6.92 Å². The summed E-state index contributed by atoms with van der Waals surface area (Å²) >= 11 is 0. The molecule has 0 aromatic heterocycles. The van der Waals surface area contributed by atoms with E-state index in [-0.39, 0.29) is 11.6 Å². The first-order valence-electron chi connectivity index (χ1n) is 8.82. The molecule has 1 saturated heterocycles. The number of likely N-dealkylation sites (N-methyl/N-ethyl adjacent to an activating group) is 1. The Bertz CT molecular complexity index is 784. The molecule has 0 saturated carbocycles. The molecule has 136 valence electrons. The lowest BCUT2D eigenvalue weighted by atomic mass is 10.1. The van der Waals surface area contributed by atoms with Crippen LogP contribution in [0.3, 0.4) is 0 Å². The monoisotopic (exact) mass is 355 g/mol. The lowest BCUT2D eigenvalue weighted by Gasteiger charge is -2.34. The number of nitrogens with one attached hydrogen (secondary N) is 2. The lowest BCUT2D eigenvalue weighted by molar-refractivity contribution is -0.898. The summed E-state index contributed by atoms with van der Waals surface area (Å²) in [5, 5.41) is 13.7. The van der Waals surface area contributed by atoms with Gasteiger partial charge in [0.05, 0.1) is 49.0 Å². The summed E-state index contributed by atoms with van der Waals surface area (Å²) in [6, 6.07) is 13.4. The number of nitro groups is 1. The number of rotatable bonds is 5. The summed E-state index contributed by atoms with van der Waals surface area (Å²) in [7, 11) is 0. The van der Waals surface area contributed by atoms with Gasteiger partial charge in [0, 0.05) is 17.7 Å². The Labute approximate surface area is 152 Å². The van der Waals surface area contributed by atoms with E-state index < -0.39 is 4.92 Å². The van der Waals surface area contributed by atoms with Gasteiger partial charge in [-0.25, -0.2) is 0 Å². The molecule has 1 amide bonds. The number of carbonyl (C=O) groups is 1. The number of nitro benzene ring substituents is 1. The SMILES string of the molecule is CC[NH+]1CCN(c2ccccc2NC(=O)c2ccc([N+](=O)[O-])cc2)CC1. The molecule has 0 spiro atoms. The highest BCUT2D eigenvalue weighted by molar-refractivity contribution is 6.06. The minimum Gasteiger partial charge on any atom is -0.359 e. The van der Waals surface area contributed by atoms with E-state index in [0.717, 1.165) is 44.1 Å². The van der Waals surface area contributed by atoms with Crippen molar-refractivity contribution in [3.63, 3.8) is 0 Å². The molecule has 0 atom stereocenters. The molecule has 1 aliphatic heterocycles. The molecule has 7 nitrogen and oxygen atoms in total. The number of anilines is 2. The minimum absolute atomic E-state index is 0.0294. The van der Waals surface area contributed by atoms with Crippen LogP contribution >= 0.6 is 0 Å². The topological polar surface area (TPSA) is 79.9 Å². The second kappa shape index (κ2) is 7.97. The first kappa shape index (κ1) is 17.9. The van der Waals surface area contributed by atoms with Crippen LogP contribution in [-0.4, -0.2) is 43.6 Å². The fourth-order valence-electron chi connectivity index (χ4n) is 3.20. The van der Waals surface area contributed by atoms with E-state index in [4.69, 9.17) is 0 Å². The Kier molecular flexibility index (Phi) is 5.48. The molecule has 1 aliphatic rings. The maximum absolute atomic E-state index is 12.5. The molecular weight excluding hydrogens is 332 g/mol. The van der Waals surface area contributed by atoms with E-state index in [2.05, 4.69) is 17.1 Å². The van der Waals surface area contributed by atoms with Gasteiger partial charge < -0.3 is 15.1 Å². The summed E-state index contributed by atoms with van der Waals surface area (Å²) in [6.07, 6.45) is 0. The fourth-order valence-corrected chi connectivity index (χ4v) is 3.20. The summed E-state index contributed by atoms with van der Waals surface area (Å²) in [5.74, 6) is -0.273. The number of benzene rings is 2. The Morgan fingerprint density at radius 1 is 1.15 bits per heavy atom. The van der Waals surface area contributed by atoms with Crippen molar-refractivity contribution in [3.05, 3.63) is 64.2 Å². The molecule has 0 aliphatic carbocycles. The summed E-state index contributed by atoms with van der Waals surface area (Å²) < 4.78 is 0. The quantitative estimate of drug-likeness (QED) is 0.630. The molecule has 7 heteroatoms. The van der Waals surface area contributed by atoms with Crippen LogP contribution in [0.15, 0.2) is 48.5 Å². The highest BCUT2D eigenvalue weighted by Gasteiger charge is 2.21. The zero-order chi connectivity index (χ0) is 18.5. The van der Waals surface area contributed by atoms with Crippen LogP contribution in [0.4, 0.5) is 17.1 Å². The highest BCUT2D eigenvalue weighted by atomic mass is 16.6. The molecule has 1 heterocycles. The van der Waals surface area contributed by atoms with Gasteiger partial charge in [0.1, 0.15) is 0 Å². The maximum Gasteiger partial charge on any atom is 0.269 e. The second-order valence-electron chi connectivity index (χ2n) is 6.37. The molecule has 1 fully saturated rings. The summed E-state index contributed by atoms with van der Waals surface area (Å²) in [4.78, 5) is 26.7. The van der Waals surface area contributed by atoms with Crippen molar-refractivity contribution in [2.75, 3.05) is 42.9 Å². The summed E-state index contributed by atoms with van der Waals surface area (Å²) in [5.41, 5.74) is 2.14. The van der Waals surface area contributed by atoms with Gasteiger partial charge in [-0.3, -0.25) is 14.9 Å². The van der Waals surface area contributed by atoms with Crippen LogP contribution in [-0.2, 0) is 0 Å². The predicted octanol–water partition coefficient (Wildman–Crippen LogP) is 1.57. The Morgan fingerprint density at radius 3 is 2.42 bits per heavy atom. The van der Waals surface area contributed by atoms with E-state index in [1.807, 2.05) is 24.3 Å². The number of amides is 1. The lowest BCUT2D eigenvalue weighted by Crippen LogP contribution is -3.14. The minimum atomic E-state index is -0.477. The number of hydrogen-bond donors (Lipinski definition) is 2. The van der Waals surface area contributed by atoms with Crippen molar-refractivity contribution in [3.8, 4) is 0 Å². The smallest absolute Gasteiger partial charge is 0.269 e. The highest BCUT2D eigenvalue weighted by Crippen LogP contribution is 2.26. The summed E-state index contributed by atoms with van der Waals surface area (Å²) in [6.45, 7) is 7.40. The van der Waals surface area contributed by atoms with Crippen molar-refractivity contribution >= 4 is 23.0 Å². The molecule has 0 radical (unpaired) electrons. The average molecular weight is 355 g/mol. The average Bonchev–Trinajstić information content (AvgIpc) is 2.68. The van der Waals surface area contributed by atoms with Crippen molar-refractivity contribution < 1.29 is 14.6 Å². The van der Waals surface area contributed by atoms with Crippen molar-refractivity contribution in [1.29, 1.82) is 0 Å². The number of piperazine rings is 1. The van der Waals surface area contributed by atoms with Crippen LogP contribution in [0.25, 0.3) is 0 Å². The van der Waals surface area contributed by atoms with E-state index in [0.29, 0.717) is 5.56 Å². The molecule has 0 bridgehead atoms. The van der Waals surface area contributed by atoms with Crippen LogP contribution in [0, 0.1) is 10.1 Å². The molecule has 2 N–H and O–H groups in total. The van der Waals surface area contributed by atoms with Crippen LogP contribution in [0.1, 0.15) is 17.3 Å². The third kappa shape index (κ3) is 4.00. The first-order valence-corrected chi connectivity index (χ1v) is 8.82. The third-order valence-corrected chi connectivity index (χ3v) is 4.80. The Hall–Kier alpha value is -2.93. The predicted molar refractivity (Wildman–Crippen MR) is 101 cm³/mol. The number of quaternary nitrogens is 1. The second-order valence-corrected chi connectivity index (χ2v) is 6.37. The van der Waals surface area contributed by atoms with Crippen LogP contribution in [0.5, 0.6) is 0 Å². The largest absolute Gasteiger partial charge is 0.359 e. The van der Waals surface area contributed by atoms with Crippen LogP contribution in [0.2, 0.25) is 0 Å². The van der Waals surface area contributed by atoms with E-state index in [1.54, 1.807) is 4.90 Å². The van der Waals surface area contributed by atoms with E-state index >= 15 is 0 Å². The number of non-ortho nitro benzene ring substituents is 1. The maximum atomic E-state index is 12.5. The first-order chi connectivity index (χ1) is 12.6. The number of para-hydroxylation sites is 2. The van der Waals surface area contributed by atoms with Crippen molar-refractivity contribution in [2.24, 2.45) is 0 Å². The fraction of sp³-hybridized carbons (Fsp3) is 0.316. The van der Waals surface area contributed by atoms with Gasteiger partial charge in [-0.05, 0) is 31.2 Å². The molecule has 0 unspecified atom stereocenters. The van der Waals surface area contributed by atoms with Crippen LogP contribution < -0.4 is 15.1 Å². The molecule has 2 aromatic rings. The van der Waals surface area contributed by atoms with Gasteiger partial charge >= 0.3 is 0 Å².